The summed E-state index contributed by atoms with van der Waals surface area (Å²) in [6.45, 7) is -1.20. The third-order valence-corrected chi connectivity index (χ3v) is 4.29. The molecule has 0 amide bonds. The predicted octanol–water partition coefficient (Wildman–Crippen LogP) is 3.14. The molecule has 0 atom stereocenters. The van der Waals surface area contributed by atoms with Crippen molar-refractivity contribution in [3.63, 3.8) is 0 Å². The zero-order valence-corrected chi connectivity index (χ0v) is 13.3. The minimum Gasteiger partial charge on any atom is -0.457 e. The number of hydrogen-bond acceptors (Lipinski definition) is 4. The number of ether oxygens (including phenoxy) is 1. The molecule has 0 aromatic heterocycles. The summed E-state index contributed by atoms with van der Waals surface area (Å²) in [7, 11) is -3.50. The summed E-state index contributed by atoms with van der Waals surface area (Å²) in [5, 5.41) is 0. The predicted molar refractivity (Wildman–Crippen MR) is 74.9 cm³/mol. The number of hydrogen-bond donors (Lipinski definition) is 0. The van der Waals surface area contributed by atoms with Gasteiger partial charge in [0.05, 0.1) is 16.0 Å². The molecule has 0 fully saturated rings. The Morgan fingerprint density at radius 1 is 0.880 bits per heavy atom. The van der Waals surface area contributed by atoms with Crippen LogP contribution in [0.25, 0.3) is 0 Å². The molecule has 0 aliphatic rings. The highest BCUT2D eigenvalue weighted by molar-refractivity contribution is 7.90. The highest BCUT2D eigenvalue weighted by Crippen LogP contribution is 2.24. The molecule has 134 valence electrons. The molecular weight excluding hydrogens is 371 g/mol. The van der Waals surface area contributed by atoms with Crippen LogP contribution in [0, 0.1) is 29.1 Å². The van der Waals surface area contributed by atoms with Gasteiger partial charge in [0.2, 0.25) is 5.82 Å². The first-order valence-corrected chi connectivity index (χ1v) is 8.40. The van der Waals surface area contributed by atoms with Gasteiger partial charge in [-0.05, 0) is 24.3 Å². The highest BCUT2D eigenvalue weighted by Gasteiger charge is 2.26. The van der Waals surface area contributed by atoms with Gasteiger partial charge in [-0.1, -0.05) is 0 Å². The molecule has 0 bridgehead atoms. The van der Waals surface area contributed by atoms with Crippen LogP contribution in [-0.2, 0) is 21.2 Å². The number of carbonyl (C=O) groups excluding carboxylic acids is 1. The van der Waals surface area contributed by atoms with Gasteiger partial charge < -0.3 is 4.74 Å². The van der Waals surface area contributed by atoms with Crippen LogP contribution in [0.5, 0.6) is 0 Å². The first kappa shape index (κ1) is 18.8. The van der Waals surface area contributed by atoms with Crippen molar-refractivity contribution in [3.8, 4) is 0 Å². The maximum absolute atomic E-state index is 13.5. The lowest BCUT2D eigenvalue weighted by molar-refractivity contribution is 0.0462. The lowest BCUT2D eigenvalue weighted by atomic mass is 10.2. The van der Waals surface area contributed by atoms with Crippen LogP contribution in [0.1, 0.15) is 15.9 Å². The lowest BCUT2D eigenvalue weighted by Crippen LogP contribution is -2.12. The summed E-state index contributed by atoms with van der Waals surface area (Å²) in [4.78, 5) is 11.7. The first-order valence-electron chi connectivity index (χ1n) is 6.51. The van der Waals surface area contributed by atoms with E-state index in [0.29, 0.717) is 0 Å². The van der Waals surface area contributed by atoms with Crippen LogP contribution < -0.4 is 0 Å². The van der Waals surface area contributed by atoms with Crippen LogP contribution in [0.3, 0.4) is 0 Å². The van der Waals surface area contributed by atoms with Gasteiger partial charge in [0.1, 0.15) is 6.61 Å². The number of carbonyl (C=O) groups is 1. The third kappa shape index (κ3) is 3.78. The van der Waals surface area contributed by atoms with Crippen LogP contribution in [-0.4, -0.2) is 20.6 Å². The first-order chi connectivity index (χ1) is 11.5. The van der Waals surface area contributed by atoms with Gasteiger partial charge in [-0.3, -0.25) is 0 Å². The van der Waals surface area contributed by atoms with Gasteiger partial charge in [-0.15, -0.1) is 0 Å². The normalized spacial score (nSPS) is 11.4. The fourth-order valence-electron chi connectivity index (χ4n) is 1.84. The van der Waals surface area contributed by atoms with Gasteiger partial charge in [0, 0.05) is 6.26 Å². The Morgan fingerprint density at radius 3 is 1.76 bits per heavy atom. The summed E-state index contributed by atoms with van der Waals surface area (Å²) >= 11 is 0. The number of halogens is 5. The molecule has 0 radical (unpaired) electrons. The zero-order valence-electron chi connectivity index (χ0n) is 12.4. The smallest absolute Gasteiger partial charge is 0.338 e. The van der Waals surface area contributed by atoms with Gasteiger partial charge in [0.15, 0.2) is 33.1 Å². The second kappa shape index (κ2) is 6.79. The van der Waals surface area contributed by atoms with E-state index in [1.165, 1.54) is 0 Å². The Morgan fingerprint density at radius 2 is 1.32 bits per heavy atom. The van der Waals surface area contributed by atoms with Crippen molar-refractivity contribution in [1.82, 2.24) is 0 Å². The van der Waals surface area contributed by atoms with Crippen LogP contribution in [0.4, 0.5) is 22.0 Å². The van der Waals surface area contributed by atoms with Crippen molar-refractivity contribution in [1.29, 1.82) is 0 Å². The lowest BCUT2D eigenvalue weighted by Gasteiger charge is -2.09. The summed E-state index contributed by atoms with van der Waals surface area (Å²) < 4.78 is 93.0. The van der Waals surface area contributed by atoms with Crippen molar-refractivity contribution in [2.45, 2.75) is 11.5 Å². The van der Waals surface area contributed by atoms with Crippen LogP contribution in [0.2, 0.25) is 0 Å². The van der Waals surface area contributed by atoms with E-state index >= 15 is 0 Å². The molecule has 2 aromatic rings. The van der Waals surface area contributed by atoms with Crippen molar-refractivity contribution < 1.29 is 39.9 Å². The van der Waals surface area contributed by atoms with Gasteiger partial charge in [-0.2, -0.15) is 0 Å². The second-order valence-electron chi connectivity index (χ2n) is 4.92. The summed E-state index contributed by atoms with van der Waals surface area (Å²) in [5.74, 6) is -12.0. The average Bonchev–Trinajstić information content (AvgIpc) is 2.57. The molecule has 0 saturated carbocycles. The largest absolute Gasteiger partial charge is 0.457 e. The second-order valence-corrected chi connectivity index (χ2v) is 6.94. The average molecular weight is 380 g/mol. The number of benzene rings is 2. The van der Waals surface area contributed by atoms with Crippen LogP contribution in [0.15, 0.2) is 29.2 Å². The Labute approximate surface area is 138 Å². The van der Waals surface area contributed by atoms with E-state index in [-0.39, 0.29) is 10.5 Å². The van der Waals surface area contributed by atoms with E-state index in [1.807, 2.05) is 0 Å². The zero-order chi connectivity index (χ0) is 18.9. The molecule has 4 nitrogen and oxygen atoms in total. The summed E-state index contributed by atoms with van der Waals surface area (Å²) in [5.41, 5.74) is -1.46. The van der Waals surface area contributed by atoms with E-state index in [0.717, 1.165) is 30.5 Å². The fourth-order valence-corrected chi connectivity index (χ4v) is 2.47. The van der Waals surface area contributed by atoms with E-state index in [4.69, 9.17) is 0 Å². The molecule has 0 spiro atoms. The quantitative estimate of drug-likeness (QED) is 0.354. The standard InChI is InChI=1S/C15H9F5O4S/c1-25(22,23)8-4-2-7(3-5-8)15(21)24-6-9-10(16)12(18)14(20)13(19)11(9)17/h2-5H,6H2,1H3. The third-order valence-electron chi connectivity index (χ3n) is 3.17. The summed E-state index contributed by atoms with van der Waals surface area (Å²) in [6.07, 6.45) is 0.948. The van der Waals surface area contributed by atoms with Gasteiger partial charge in [-0.25, -0.2) is 35.2 Å². The monoisotopic (exact) mass is 380 g/mol. The summed E-state index contributed by atoms with van der Waals surface area (Å²) in [6, 6.07) is 4.36. The number of esters is 1. The van der Waals surface area contributed by atoms with E-state index in [1.54, 1.807) is 0 Å². The topological polar surface area (TPSA) is 60.4 Å². The number of rotatable bonds is 4. The van der Waals surface area contributed by atoms with Crippen molar-refractivity contribution in [2.75, 3.05) is 6.26 Å². The van der Waals surface area contributed by atoms with Gasteiger partial charge in [0.25, 0.3) is 0 Å². The highest BCUT2D eigenvalue weighted by atomic mass is 32.2. The Bertz CT molecular complexity index is 910. The van der Waals surface area contributed by atoms with Crippen molar-refractivity contribution >= 4 is 15.8 Å². The maximum atomic E-state index is 13.5. The molecule has 10 heteroatoms. The molecule has 0 unspecified atom stereocenters. The fraction of sp³-hybridized carbons (Fsp3) is 0.133. The molecule has 2 rings (SSSR count). The maximum Gasteiger partial charge on any atom is 0.338 e. The minimum absolute atomic E-state index is 0.0798. The Kier molecular flexibility index (Phi) is 5.12. The van der Waals surface area contributed by atoms with Crippen molar-refractivity contribution in [2.24, 2.45) is 0 Å². The molecule has 2 aromatic carbocycles. The van der Waals surface area contributed by atoms with E-state index in [9.17, 15) is 35.2 Å². The Hall–Kier alpha value is -2.49. The number of sulfone groups is 1. The van der Waals surface area contributed by atoms with E-state index < -0.39 is 57.1 Å². The minimum atomic E-state index is -3.50. The molecule has 0 heterocycles. The Balaban J connectivity index is 2.21. The molecule has 0 aliphatic carbocycles. The van der Waals surface area contributed by atoms with Crippen molar-refractivity contribution in [3.05, 3.63) is 64.5 Å². The van der Waals surface area contributed by atoms with Gasteiger partial charge >= 0.3 is 5.97 Å². The van der Waals surface area contributed by atoms with Crippen LogP contribution >= 0.6 is 0 Å². The van der Waals surface area contributed by atoms with E-state index in [2.05, 4.69) is 4.74 Å². The molecular formula is C15H9F5O4S. The SMILES string of the molecule is CS(=O)(=O)c1ccc(C(=O)OCc2c(F)c(F)c(F)c(F)c2F)cc1. The molecule has 0 aliphatic heterocycles. The molecule has 0 N–H and O–H groups in total. The molecule has 25 heavy (non-hydrogen) atoms. The molecule has 0 saturated heterocycles.